The van der Waals surface area contributed by atoms with E-state index in [1.165, 1.54) is 34.0 Å². The molecule has 1 aromatic heterocycles. The van der Waals surface area contributed by atoms with E-state index in [0.29, 0.717) is 17.3 Å². The normalized spacial score (nSPS) is 20.5. The highest BCUT2D eigenvalue weighted by atomic mass is 31.2. The first-order chi connectivity index (χ1) is 14.0. The van der Waals surface area contributed by atoms with Crippen LogP contribution in [0, 0.1) is 12.8 Å². The van der Waals surface area contributed by atoms with Crippen molar-refractivity contribution in [2.75, 3.05) is 13.7 Å². The maximum Gasteiger partial charge on any atom is 0.199 e. The molecule has 1 aliphatic rings. The van der Waals surface area contributed by atoms with Crippen LogP contribution in [0.4, 0.5) is 0 Å². The number of ether oxygens (including phenoxy) is 1. The Balaban J connectivity index is 1.69. The molecule has 3 aromatic rings. The standard InChI is InChI=1S/C23H29N2O3P/c1-15-9-11-25(21(12-15)17-4-6-18(7-5-17)29(26)27)14-20-19-8-10-24-23(19)16(2)13-22(20)28-3/h4-8,10,13,15,21,24,26-27H,9,11-12,14H2,1-3H3/t15-,21+/m0/s1. The lowest BCUT2D eigenvalue weighted by atomic mass is 9.87. The largest absolute Gasteiger partial charge is 0.496 e. The zero-order valence-electron chi connectivity index (χ0n) is 17.2. The molecule has 1 saturated heterocycles. The number of aromatic nitrogens is 1. The van der Waals surface area contributed by atoms with Gasteiger partial charge in [-0.05, 0) is 67.6 Å². The van der Waals surface area contributed by atoms with Crippen molar-refractivity contribution in [2.24, 2.45) is 5.92 Å². The lowest BCUT2D eigenvalue weighted by Gasteiger charge is -2.39. The van der Waals surface area contributed by atoms with Gasteiger partial charge in [-0.25, -0.2) is 0 Å². The topological polar surface area (TPSA) is 68.7 Å². The Kier molecular flexibility index (Phi) is 5.93. The van der Waals surface area contributed by atoms with Crippen molar-refractivity contribution in [1.82, 2.24) is 9.88 Å². The molecular formula is C23H29N2O3P. The number of rotatable bonds is 5. The fourth-order valence-corrected chi connectivity index (χ4v) is 4.96. The molecular weight excluding hydrogens is 383 g/mol. The Labute approximate surface area is 173 Å². The molecule has 0 amide bonds. The van der Waals surface area contributed by atoms with Gasteiger partial charge in [-0.3, -0.25) is 4.90 Å². The summed E-state index contributed by atoms with van der Waals surface area (Å²) in [7, 11) is -0.300. The van der Waals surface area contributed by atoms with E-state index in [9.17, 15) is 9.79 Å². The van der Waals surface area contributed by atoms with Crippen molar-refractivity contribution in [3.63, 3.8) is 0 Å². The number of likely N-dealkylation sites (tertiary alicyclic amines) is 1. The Hall–Kier alpha value is -1.91. The molecule has 0 bridgehead atoms. The van der Waals surface area contributed by atoms with Crippen LogP contribution in [0.2, 0.25) is 0 Å². The summed E-state index contributed by atoms with van der Waals surface area (Å²) in [5.74, 6) is 1.60. The predicted octanol–water partition coefficient (Wildman–Crippen LogP) is 4.38. The predicted molar refractivity (Wildman–Crippen MR) is 119 cm³/mol. The van der Waals surface area contributed by atoms with E-state index < -0.39 is 8.38 Å². The second kappa shape index (κ2) is 8.45. The summed E-state index contributed by atoms with van der Waals surface area (Å²) in [5.41, 5.74) is 4.81. The molecule has 3 N–H and O–H groups in total. The Morgan fingerprint density at radius 3 is 2.66 bits per heavy atom. The minimum Gasteiger partial charge on any atom is -0.496 e. The van der Waals surface area contributed by atoms with Crippen LogP contribution in [0.3, 0.4) is 0 Å². The Morgan fingerprint density at radius 1 is 1.21 bits per heavy atom. The van der Waals surface area contributed by atoms with Crippen molar-refractivity contribution in [2.45, 2.75) is 39.3 Å². The third kappa shape index (κ3) is 4.06. The van der Waals surface area contributed by atoms with Gasteiger partial charge in [-0.1, -0.05) is 19.1 Å². The van der Waals surface area contributed by atoms with Crippen LogP contribution >= 0.6 is 8.38 Å². The lowest BCUT2D eigenvalue weighted by molar-refractivity contribution is 0.110. The Morgan fingerprint density at radius 2 is 1.97 bits per heavy atom. The summed E-state index contributed by atoms with van der Waals surface area (Å²) in [5, 5.41) is 1.81. The van der Waals surface area contributed by atoms with Crippen LogP contribution < -0.4 is 10.0 Å². The molecule has 0 radical (unpaired) electrons. The summed E-state index contributed by atoms with van der Waals surface area (Å²) in [6, 6.07) is 12.3. The molecule has 0 spiro atoms. The molecule has 29 heavy (non-hydrogen) atoms. The van der Waals surface area contributed by atoms with Crippen molar-refractivity contribution in [3.05, 3.63) is 59.3 Å². The van der Waals surface area contributed by atoms with Crippen LogP contribution in [-0.2, 0) is 6.54 Å². The quantitative estimate of drug-likeness (QED) is 0.544. The first-order valence-corrected chi connectivity index (χ1v) is 11.4. The van der Waals surface area contributed by atoms with E-state index in [-0.39, 0.29) is 0 Å². The van der Waals surface area contributed by atoms with Gasteiger partial charge < -0.3 is 19.5 Å². The van der Waals surface area contributed by atoms with Crippen molar-refractivity contribution in [3.8, 4) is 5.75 Å². The van der Waals surface area contributed by atoms with E-state index in [1.54, 1.807) is 7.11 Å². The first kappa shape index (κ1) is 20.4. The maximum atomic E-state index is 9.47. The summed E-state index contributed by atoms with van der Waals surface area (Å²) < 4.78 is 5.76. The van der Waals surface area contributed by atoms with Gasteiger partial charge in [0.25, 0.3) is 0 Å². The van der Waals surface area contributed by atoms with E-state index in [1.807, 2.05) is 30.5 Å². The molecule has 0 unspecified atom stereocenters. The zero-order chi connectivity index (χ0) is 20.5. The number of benzene rings is 2. The number of hydrogen-bond donors (Lipinski definition) is 3. The summed E-state index contributed by atoms with van der Waals surface area (Å²) >= 11 is 0. The van der Waals surface area contributed by atoms with Gasteiger partial charge in [0.05, 0.1) is 7.11 Å². The highest BCUT2D eigenvalue weighted by Gasteiger charge is 2.29. The van der Waals surface area contributed by atoms with Gasteiger partial charge >= 0.3 is 0 Å². The van der Waals surface area contributed by atoms with Gasteiger partial charge in [-0.15, -0.1) is 0 Å². The number of piperidine rings is 1. The van der Waals surface area contributed by atoms with E-state index >= 15 is 0 Å². The van der Waals surface area contributed by atoms with Gasteiger partial charge in [0.2, 0.25) is 0 Å². The molecule has 2 atom stereocenters. The van der Waals surface area contributed by atoms with E-state index in [2.05, 4.69) is 35.9 Å². The van der Waals surface area contributed by atoms with Crippen LogP contribution in [0.15, 0.2) is 42.6 Å². The van der Waals surface area contributed by atoms with Crippen molar-refractivity contribution >= 4 is 24.6 Å². The minimum atomic E-state index is -2.04. The molecule has 0 aliphatic carbocycles. The van der Waals surface area contributed by atoms with E-state index in [0.717, 1.165) is 25.3 Å². The molecule has 5 nitrogen and oxygen atoms in total. The summed E-state index contributed by atoms with van der Waals surface area (Å²) in [6.07, 6.45) is 4.27. The second-order valence-corrected chi connectivity index (χ2v) is 9.23. The molecule has 1 aliphatic heterocycles. The number of H-pyrrole nitrogens is 1. The van der Waals surface area contributed by atoms with Gasteiger partial charge in [0, 0.05) is 40.6 Å². The third-order valence-electron chi connectivity index (χ3n) is 6.18. The van der Waals surface area contributed by atoms with Crippen molar-refractivity contribution < 1.29 is 14.5 Å². The molecule has 0 saturated carbocycles. The minimum absolute atomic E-state index is 0.302. The summed E-state index contributed by atoms with van der Waals surface area (Å²) in [6.45, 7) is 6.28. The van der Waals surface area contributed by atoms with Gasteiger partial charge in [0.15, 0.2) is 8.38 Å². The van der Waals surface area contributed by atoms with Gasteiger partial charge in [-0.2, -0.15) is 0 Å². The highest BCUT2D eigenvalue weighted by Crippen LogP contribution is 2.38. The number of aromatic amines is 1. The average Bonchev–Trinajstić information content (AvgIpc) is 3.21. The number of methoxy groups -OCH3 is 1. The smallest absolute Gasteiger partial charge is 0.199 e. The number of nitrogens with zero attached hydrogens (tertiary/aromatic N) is 1. The molecule has 1 fully saturated rings. The molecule has 2 aromatic carbocycles. The highest BCUT2D eigenvalue weighted by molar-refractivity contribution is 7.54. The third-order valence-corrected chi connectivity index (χ3v) is 6.94. The molecule has 154 valence electrons. The maximum absolute atomic E-state index is 9.47. The molecule has 2 heterocycles. The van der Waals surface area contributed by atoms with Crippen molar-refractivity contribution in [1.29, 1.82) is 0 Å². The average molecular weight is 412 g/mol. The van der Waals surface area contributed by atoms with E-state index in [4.69, 9.17) is 4.74 Å². The zero-order valence-corrected chi connectivity index (χ0v) is 18.1. The SMILES string of the molecule is COc1cc(C)c2[nH]ccc2c1CN1CC[C@H](C)C[C@@H]1c1ccc(P(O)O)cc1. The molecule has 4 rings (SSSR count). The summed E-state index contributed by atoms with van der Waals surface area (Å²) in [4.78, 5) is 24.8. The molecule has 6 heteroatoms. The van der Waals surface area contributed by atoms with Crippen LogP contribution in [-0.4, -0.2) is 33.3 Å². The van der Waals surface area contributed by atoms with Crippen LogP contribution in [0.5, 0.6) is 5.75 Å². The van der Waals surface area contributed by atoms with Crippen LogP contribution in [0.1, 0.15) is 42.5 Å². The second-order valence-electron chi connectivity index (χ2n) is 8.14. The number of fused-ring (bicyclic) bond motifs is 1. The number of hydrogen-bond acceptors (Lipinski definition) is 4. The first-order valence-electron chi connectivity index (χ1n) is 10.1. The fourth-order valence-electron chi connectivity index (χ4n) is 4.54. The Bertz CT molecular complexity index is 984. The van der Waals surface area contributed by atoms with Crippen LogP contribution in [0.25, 0.3) is 10.9 Å². The van der Waals surface area contributed by atoms with Gasteiger partial charge in [0.1, 0.15) is 5.75 Å². The number of aryl methyl sites for hydroxylation is 1. The monoisotopic (exact) mass is 412 g/mol. The number of nitrogens with one attached hydrogen (secondary N) is 1. The lowest BCUT2D eigenvalue weighted by Crippen LogP contribution is -2.36. The fraction of sp³-hybridized carbons (Fsp3) is 0.391.